The summed E-state index contributed by atoms with van der Waals surface area (Å²) in [4.78, 5) is 25.0. The van der Waals surface area contributed by atoms with Gasteiger partial charge in [0, 0.05) is 6.61 Å². The molecule has 2 aliphatic carbocycles. The highest BCUT2D eigenvalue weighted by Gasteiger charge is 2.38. The first kappa shape index (κ1) is 22.2. The van der Waals surface area contributed by atoms with E-state index in [4.69, 9.17) is 18.9 Å². The Morgan fingerprint density at radius 1 is 0.704 bits per heavy atom. The van der Waals surface area contributed by atoms with Crippen molar-refractivity contribution in [3.05, 3.63) is 0 Å². The molecule has 2 fully saturated rings. The van der Waals surface area contributed by atoms with Crippen LogP contribution >= 0.6 is 0 Å². The van der Waals surface area contributed by atoms with Gasteiger partial charge in [-0.05, 0) is 38.5 Å². The van der Waals surface area contributed by atoms with Crippen LogP contribution in [-0.2, 0) is 28.5 Å². The molecule has 0 amide bonds. The first-order chi connectivity index (χ1) is 13.2. The first-order valence-corrected chi connectivity index (χ1v) is 10.7. The number of ether oxygens (including phenoxy) is 4. The molecule has 0 radical (unpaired) electrons. The third kappa shape index (κ3) is 8.18. The van der Waals surface area contributed by atoms with Crippen molar-refractivity contribution >= 4 is 11.9 Å². The third-order valence-electron chi connectivity index (χ3n) is 5.61. The van der Waals surface area contributed by atoms with Crippen LogP contribution in [0.3, 0.4) is 0 Å². The topological polar surface area (TPSA) is 71.1 Å². The lowest BCUT2D eigenvalue weighted by molar-refractivity contribution is -0.164. The second-order valence-electron chi connectivity index (χ2n) is 7.61. The Morgan fingerprint density at radius 3 is 1.93 bits per heavy atom. The second-order valence-corrected chi connectivity index (χ2v) is 7.61. The Balaban J connectivity index is 1.69. The summed E-state index contributed by atoms with van der Waals surface area (Å²) in [5.74, 6) is -0.738. The number of hydrogen-bond donors (Lipinski definition) is 0. The van der Waals surface area contributed by atoms with Crippen LogP contribution in [0.1, 0.15) is 64.7 Å². The molecule has 6 heteroatoms. The summed E-state index contributed by atoms with van der Waals surface area (Å²) in [6.07, 6.45) is 9.38. The van der Waals surface area contributed by atoms with Crippen LogP contribution in [0.5, 0.6) is 0 Å². The summed E-state index contributed by atoms with van der Waals surface area (Å²) in [7, 11) is 0. The average molecular weight is 385 g/mol. The van der Waals surface area contributed by atoms with Gasteiger partial charge in [0.1, 0.15) is 6.61 Å². The van der Waals surface area contributed by atoms with Crippen molar-refractivity contribution in [2.45, 2.75) is 64.7 Å². The van der Waals surface area contributed by atoms with E-state index in [-0.39, 0.29) is 30.4 Å². The highest BCUT2D eigenvalue weighted by atomic mass is 16.6. The van der Waals surface area contributed by atoms with Gasteiger partial charge in [-0.25, -0.2) is 0 Å². The van der Waals surface area contributed by atoms with E-state index in [1.807, 2.05) is 6.92 Å². The summed E-state index contributed by atoms with van der Waals surface area (Å²) >= 11 is 0. The van der Waals surface area contributed by atoms with Gasteiger partial charge in [-0.2, -0.15) is 0 Å². The second kappa shape index (κ2) is 13.1. The molecule has 2 aliphatic rings. The molecule has 2 saturated carbocycles. The van der Waals surface area contributed by atoms with Crippen LogP contribution in [0.2, 0.25) is 0 Å². The molecule has 0 spiro atoms. The van der Waals surface area contributed by atoms with Gasteiger partial charge in [-0.1, -0.05) is 32.1 Å². The monoisotopic (exact) mass is 384 g/mol. The molecular formula is C21H36O6. The van der Waals surface area contributed by atoms with Crippen molar-refractivity contribution in [1.29, 1.82) is 0 Å². The molecule has 0 aromatic heterocycles. The van der Waals surface area contributed by atoms with Crippen molar-refractivity contribution in [3.8, 4) is 0 Å². The Hall–Kier alpha value is -1.14. The Kier molecular flexibility index (Phi) is 10.8. The lowest BCUT2D eigenvalue weighted by Crippen LogP contribution is -2.36. The molecule has 0 aromatic carbocycles. The summed E-state index contributed by atoms with van der Waals surface area (Å²) in [6, 6.07) is 0. The fourth-order valence-electron chi connectivity index (χ4n) is 4.03. The van der Waals surface area contributed by atoms with Crippen molar-refractivity contribution in [2.75, 3.05) is 39.6 Å². The molecule has 2 atom stereocenters. The maximum Gasteiger partial charge on any atom is 0.309 e. The fraction of sp³-hybridized carbons (Fsp3) is 0.905. The van der Waals surface area contributed by atoms with Gasteiger partial charge >= 0.3 is 11.9 Å². The Morgan fingerprint density at radius 2 is 1.26 bits per heavy atom. The smallest absolute Gasteiger partial charge is 0.309 e. The van der Waals surface area contributed by atoms with Crippen molar-refractivity contribution in [2.24, 2.45) is 17.8 Å². The quantitative estimate of drug-likeness (QED) is 0.401. The lowest BCUT2D eigenvalue weighted by Gasteiger charge is -2.29. The zero-order chi connectivity index (χ0) is 19.3. The molecule has 0 N–H and O–H groups in total. The van der Waals surface area contributed by atoms with Crippen LogP contribution in [0.4, 0.5) is 0 Å². The largest absolute Gasteiger partial charge is 0.465 e. The van der Waals surface area contributed by atoms with Crippen LogP contribution in [0.25, 0.3) is 0 Å². The van der Waals surface area contributed by atoms with E-state index < -0.39 is 0 Å². The normalized spacial score (nSPS) is 23.7. The molecule has 0 bridgehead atoms. The van der Waals surface area contributed by atoms with Gasteiger partial charge in [0.15, 0.2) is 0 Å². The van der Waals surface area contributed by atoms with Gasteiger partial charge in [0.2, 0.25) is 0 Å². The van der Waals surface area contributed by atoms with Crippen LogP contribution < -0.4 is 0 Å². The molecule has 156 valence electrons. The van der Waals surface area contributed by atoms with Crippen LogP contribution in [0.15, 0.2) is 0 Å². The van der Waals surface area contributed by atoms with Crippen molar-refractivity contribution in [3.63, 3.8) is 0 Å². The van der Waals surface area contributed by atoms with E-state index >= 15 is 0 Å². The van der Waals surface area contributed by atoms with Crippen molar-refractivity contribution in [1.82, 2.24) is 0 Å². The number of rotatable bonds is 11. The van der Waals surface area contributed by atoms with Gasteiger partial charge in [-0.15, -0.1) is 0 Å². The number of esters is 2. The summed E-state index contributed by atoms with van der Waals surface area (Å²) in [5, 5.41) is 0. The highest BCUT2D eigenvalue weighted by Crippen LogP contribution is 2.32. The Bertz CT molecular complexity index is 432. The van der Waals surface area contributed by atoms with Gasteiger partial charge < -0.3 is 18.9 Å². The summed E-state index contributed by atoms with van der Waals surface area (Å²) < 4.78 is 21.5. The zero-order valence-electron chi connectivity index (χ0n) is 16.8. The molecule has 2 unspecified atom stereocenters. The standard InChI is InChI=1S/C21H36O6/c1-2-24-12-13-25-14-15-26-20(22)18-10-6-7-11-19(18)21(23)27-16-17-8-4-3-5-9-17/h17-19H,2-16H2,1H3. The maximum absolute atomic E-state index is 12.6. The molecule has 0 aromatic rings. The van der Waals surface area contributed by atoms with Crippen LogP contribution in [-0.4, -0.2) is 51.6 Å². The van der Waals surface area contributed by atoms with Crippen molar-refractivity contribution < 1.29 is 28.5 Å². The number of carbonyl (C=O) groups excluding carboxylic acids is 2. The van der Waals surface area contributed by atoms with E-state index in [9.17, 15) is 9.59 Å². The molecule has 0 heterocycles. The van der Waals surface area contributed by atoms with E-state index in [0.29, 0.717) is 51.8 Å². The average Bonchev–Trinajstić information content (AvgIpc) is 2.72. The summed E-state index contributed by atoms with van der Waals surface area (Å²) in [6.45, 7) is 4.70. The van der Waals surface area contributed by atoms with Gasteiger partial charge in [0.05, 0.1) is 38.3 Å². The number of carbonyl (C=O) groups is 2. The first-order valence-electron chi connectivity index (χ1n) is 10.7. The molecule has 27 heavy (non-hydrogen) atoms. The predicted molar refractivity (Wildman–Crippen MR) is 101 cm³/mol. The highest BCUT2D eigenvalue weighted by molar-refractivity contribution is 5.82. The van der Waals surface area contributed by atoms with E-state index in [2.05, 4.69) is 0 Å². The molecular weight excluding hydrogens is 348 g/mol. The van der Waals surface area contributed by atoms with E-state index in [1.165, 1.54) is 19.3 Å². The van der Waals surface area contributed by atoms with Crippen LogP contribution in [0, 0.1) is 17.8 Å². The Labute approximate surface area is 163 Å². The number of hydrogen-bond acceptors (Lipinski definition) is 6. The molecule has 6 nitrogen and oxygen atoms in total. The SMILES string of the molecule is CCOCCOCCOC(=O)C1CCCCC1C(=O)OCC1CCCCC1. The van der Waals surface area contributed by atoms with E-state index in [1.54, 1.807) is 0 Å². The predicted octanol–water partition coefficient (Wildman–Crippen LogP) is 3.51. The van der Waals surface area contributed by atoms with Gasteiger partial charge in [-0.3, -0.25) is 9.59 Å². The van der Waals surface area contributed by atoms with E-state index in [0.717, 1.165) is 25.7 Å². The minimum Gasteiger partial charge on any atom is -0.465 e. The minimum atomic E-state index is -0.374. The third-order valence-corrected chi connectivity index (χ3v) is 5.61. The maximum atomic E-state index is 12.6. The molecule has 0 saturated heterocycles. The lowest BCUT2D eigenvalue weighted by atomic mass is 9.79. The van der Waals surface area contributed by atoms with Gasteiger partial charge in [0.25, 0.3) is 0 Å². The molecule has 2 rings (SSSR count). The minimum absolute atomic E-state index is 0.213. The zero-order valence-corrected chi connectivity index (χ0v) is 16.8. The molecule has 0 aliphatic heterocycles. The summed E-state index contributed by atoms with van der Waals surface area (Å²) in [5.41, 5.74) is 0. The fourth-order valence-corrected chi connectivity index (χ4v) is 4.03.